The minimum Gasteiger partial charge on any atom is -0.280 e. The second kappa shape index (κ2) is 7.17. The van der Waals surface area contributed by atoms with Crippen LogP contribution >= 0.6 is 25.8 Å². The second-order valence-electron chi connectivity index (χ2n) is 1.58. The molecule has 0 aliphatic heterocycles. The highest BCUT2D eigenvalue weighted by Crippen LogP contribution is 2.05. The quantitative estimate of drug-likeness (QED) is 0.509. The van der Waals surface area contributed by atoms with Gasteiger partial charge >= 0.3 is 16.0 Å². The number of hydrogen-bond acceptors (Lipinski definition) is 0. The van der Waals surface area contributed by atoms with Gasteiger partial charge in [-0.3, -0.25) is 25.8 Å². The van der Waals surface area contributed by atoms with Gasteiger partial charge in [0.25, 0.3) is 0 Å². The number of halogens is 5. The number of benzene rings is 1. The van der Waals surface area contributed by atoms with Gasteiger partial charge in [0.15, 0.2) is 11.6 Å². The highest BCUT2D eigenvalue weighted by Gasteiger charge is 2.00. The Kier molecular flexibility index (Phi) is 7.61. The summed E-state index contributed by atoms with van der Waals surface area (Å²) in [5.41, 5.74) is 0. The van der Waals surface area contributed by atoms with Crippen molar-refractivity contribution in [2.45, 2.75) is 0 Å². The predicted octanol–water partition coefficient (Wildman–Crippen LogP) is 3.21. The molecule has 12 heavy (non-hydrogen) atoms. The Morgan fingerprint density at radius 3 is 2.00 bits per heavy atom. The van der Waals surface area contributed by atoms with E-state index >= 15 is 0 Å². The van der Waals surface area contributed by atoms with Crippen LogP contribution in [0.15, 0.2) is 12.1 Å². The zero-order chi connectivity index (χ0) is 9.56. The molecule has 0 spiro atoms. The second-order valence-corrected chi connectivity index (χ2v) is 9.66. The Labute approximate surface area is 90.0 Å². The third-order valence-electron chi connectivity index (χ3n) is 0.818. The van der Waals surface area contributed by atoms with Gasteiger partial charge in [-0.2, -0.15) is 0 Å². The molecule has 0 aliphatic carbocycles. The van der Waals surface area contributed by atoms with Crippen molar-refractivity contribution < 1.29 is 13.2 Å². The lowest BCUT2D eigenvalue weighted by atomic mass is 10.3. The van der Waals surface area contributed by atoms with E-state index in [1.165, 1.54) is 0 Å². The summed E-state index contributed by atoms with van der Waals surface area (Å²) < 4.78 is 35.8. The lowest BCUT2D eigenvalue weighted by Gasteiger charge is -1.88. The maximum Gasteiger partial charge on any atom is 0.560 e. The van der Waals surface area contributed by atoms with Crippen LogP contribution in [0.5, 0.6) is 0 Å². The molecule has 0 saturated carbocycles. The van der Waals surface area contributed by atoms with Crippen LogP contribution in [0.4, 0.5) is 13.2 Å². The fourth-order valence-electron chi connectivity index (χ4n) is 0.423. The summed E-state index contributed by atoms with van der Waals surface area (Å²) in [6, 6.07) is 2.91. The van der Waals surface area contributed by atoms with E-state index in [9.17, 15) is 13.2 Å². The molecule has 0 amide bonds. The predicted molar refractivity (Wildman–Crippen MR) is 48.8 cm³/mol. The van der Waals surface area contributed by atoms with Crippen molar-refractivity contribution in [1.29, 1.82) is 0 Å². The first-order valence-electron chi connectivity index (χ1n) is 2.76. The molecule has 0 atom stereocenters. The van der Waals surface area contributed by atoms with Crippen LogP contribution in [-0.4, -0.2) is 16.0 Å². The largest absolute Gasteiger partial charge is 0.560 e. The highest BCUT2D eigenvalue weighted by atomic mass is 79.9. The molecule has 0 heterocycles. The van der Waals surface area contributed by atoms with E-state index in [0.717, 1.165) is 0 Å². The molecule has 0 aromatic heterocycles. The zero-order valence-corrected chi connectivity index (χ0v) is 10.3. The Hall–Kier alpha value is 0.736. The summed E-state index contributed by atoms with van der Waals surface area (Å²) in [5.74, 6) is -3.17. The molecule has 1 aromatic rings. The van der Waals surface area contributed by atoms with E-state index in [1.807, 2.05) is 6.07 Å². The molecule has 1 aromatic carbocycles. The van der Waals surface area contributed by atoms with E-state index < -0.39 is 17.5 Å². The van der Waals surface area contributed by atoms with E-state index in [0.29, 0.717) is 12.1 Å². The lowest BCUT2D eigenvalue weighted by Crippen LogP contribution is -1.83. The Bertz CT molecular complexity index is 244. The van der Waals surface area contributed by atoms with Crippen molar-refractivity contribution in [3.8, 4) is 0 Å². The van der Waals surface area contributed by atoms with Crippen molar-refractivity contribution in [1.82, 2.24) is 0 Å². The Morgan fingerprint density at radius 2 is 1.67 bits per heavy atom. The molecule has 6 heteroatoms. The van der Waals surface area contributed by atoms with E-state index in [2.05, 4.69) is 25.8 Å². The Balaban J connectivity index is 0.000000354. The first-order valence-corrected chi connectivity index (χ1v) is 10.6. The van der Waals surface area contributed by atoms with E-state index in [1.54, 1.807) is 0 Å². The summed E-state index contributed by atoms with van der Waals surface area (Å²) >= 11 is 6.44. The van der Waals surface area contributed by atoms with Crippen LogP contribution in [0.1, 0.15) is 0 Å². The van der Waals surface area contributed by atoms with Gasteiger partial charge < -0.3 is 0 Å². The molecule has 0 nitrogen and oxygen atoms in total. The Morgan fingerprint density at radius 1 is 1.17 bits per heavy atom. The van der Waals surface area contributed by atoms with Crippen molar-refractivity contribution in [3.05, 3.63) is 35.7 Å². The lowest BCUT2D eigenvalue weighted by molar-refractivity contribution is 0.494. The molecule has 0 unspecified atom stereocenters. The molecule has 1 radical (unpaired) electrons. The van der Waals surface area contributed by atoms with Crippen LogP contribution in [0.3, 0.4) is 0 Å². The molecule has 0 fully saturated rings. The van der Waals surface area contributed by atoms with Gasteiger partial charge in [-0.05, 0) is 6.07 Å². The van der Waals surface area contributed by atoms with Gasteiger partial charge in [-0.15, -0.1) is 0 Å². The van der Waals surface area contributed by atoms with Crippen molar-refractivity contribution >= 4 is 41.8 Å². The minimum absolute atomic E-state index is 0.0417. The van der Waals surface area contributed by atoms with Crippen LogP contribution in [0.2, 0.25) is 0 Å². The van der Waals surface area contributed by atoms with E-state index in [-0.39, 0.29) is 16.0 Å². The summed E-state index contributed by atoms with van der Waals surface area (Å²) in [5, 5.41) is 0. The third kappa shape index (κ3) is 5.39. The maximum atomic E-state index is 11.9. The number of rotatable bonds is 0. The summed E-state index contributed by atoms with van der Waals surface area (Å²) in [6.07, 6.45) is 0. The van der Waals surface area contributed by atoms with Gasteiger partial charge in [0.2, 0.25) is 0 Å². The van der Waals surface area contributed by atoms with Crippen molar-refractivity contribution in [2.75, 3.05) is 0 Å². The van der Waals surface area contributed by atoms with Crippen molar-refractivity contribution in [2.24, 2.45) is 0 Å². The average Bonchev–Trinajstić information content (AvgIpc) is 1.99. The normalized spacial score (nSPS) is 8.08. The molecular weight excluding hydrogens is 313 g/mol. The molecular formula is C6H2Br2F3Mg. The SMILES string of the molecule is Fc1[c]cc(F)c(F)c1.[Br][Mg][Br]. The zero-order valence-electron chi connectivity index (χ0n) is 5.75. The smallest absolute Gasteiger partial charge is 0.280 e. The summed E-state index contributed by atoms with van der Waals surface area (Å²) in [6.45, 7) is 0. The molecule has 1 rings (SSSR count). The summed E-state index contributed by atoms with van der Waals surface area (Å²) in [4.78, 5) is 0. The van der Waals surface area contributed by atoms with Crippen LogP contribution in [0.25, 0.3) is 0 Å². The minimum atomic E-state index is -1.19. The highest BCUT2D eigenvalue weighted by molar-refractivity contribution is 9.47. The van der Waals surface area contributed by atoms with Crippen LogP contribution in [-0.2, 0) is 0 Å². The fraction of sp³-hybridized carbons (Fsp3) is 0. The molecule has 0 saturated heterocycles. The molecule has 0 aliphatic rings. The summed E-state index contributed by atoms with van der Waals surface area (Å²) in [7, 11) is 0. The van der Waals surface area contributed by atoms with E-state index in [4.69, 9.17) is 0 Å². The standard InChI is InChI=1S/C6H2F3.2BrH.Mg/c7-4-1-2-5(8)6(9)3-4;;;/h2-3H;2*1H;/q;;;+2/p-2. The molecule has 0 N–H and O–H groups in total. The third-order valence-corrected chi connectivity index (χ3v) is 0.818. The molecule has 0 bridgehead atoms. The van der Waals surface area contributed by atoms with Gasteiger partial charge in [-0.1, -0.05) is 0 Å². The van der Waals surface area contributed by atoms with Gasteiger partial charge in [-0.25, -0.2) is 13.2 Å². The first-order chi connectivity index (χ1) is 5.61. The van der Waals surface area contributed by atoms with Gasteiger partial charge in [0.05, 0.1) is 0 Å². The topological polar surface area (TPSA) is 0 Å². The average molecular weight is 315 g/mol. The van der Waals surface area contributed by atoms with Gasteiger partial charge in [0.1, 0.15) is 5.82 Å². The van der Waals surface area contributed by atoms with Crippen molar-refractivity contribution in [3.63, 3.8) is 0 Å². The van der Waals surface area contributed by atoms with Crippen LogP contribution in [0, 0.1) is 23.5 Å². The number of hydrogen-bond donors (Lipinski definition) is 0. The monoisotopic (exact) mass is 313 g/mol. The molecule has 63 valence electrons. The van der Waals surface area contributed by atoms with Crippen LogP contribution < -0.4 is 0 Å². The first kappa shape index (κ1) is 12.7. The maximum absolute atomic E-state index is 11.9. The van der Waals surface area contributed by atoms with Gasteiger partial charge in [0, 0.05) is 12.1 Å². The fourth-order valence-corrected chi connectivity index (χ4v) is 0.423.